The molecule has 0 spiro atoms. The van der Waals surface area contributed by atoms with Gasteiger partial charge >= 0.3 is 0 Å². The minimum absolute atomic E-state index is 0.606. The average Bonchev–Trinajstić information content (AvgIpc) is 3.80. The summed E-state index contributed by atoms with van der Waals surface area (Å²) in [6.07, 6.45) is 1.92. The molecule has 5 heteroatoms. The van der Waals surface area contributed by atoms with Crippen LogP contribution in [0.4, 0.5) is 0 Å². The Labute approximate surface area is 396 Å². The van der Waals surface area contributed by atoms with Crippen molar-refractivity contribution in [2.45, 2.75) is 0 Å². The molecule has 0 aliphatic heterocycles. The van der Waals surface area contributed by atoms with E-state index in [-0.39, 0.29) is 0 Å². The fraction of sp³-hybridized carbons (Fsp3) is 0. The minimum Gasteiger partial charge on any atom is -0.456 e. The molecule has 14 aromatic rings. The maximum absolute atomic E-state index is 6.49. The van der Waals surface area contributed by atoms with E-state index >= 15 is 0 Å². The third kappa shape index (κ3) is 6.55. The van der Waals surface area contributed by atoms with Gasteiger partial charge in [0.2, 0.25) is 0 Å². The van der Waals surface area contributed by atoms with Gasteiger partial charge in [0.05, 0.1) is 34.3 Å². The molecule has 0 N–H and O–H groups in total. The Hall–Kier alpha value is -9.32. The van der Waals surface area contributed by atoms with Gasteiger partial charge in [-0.05, 0) is 115 Å². The number of hydrogen-bond acceptors (Lipinski definition) is 5. The molecule has 0 saturated carbocycles. The quantitative estimate of drug-likeness (QED) is 0.156. The van der Waals surface area contributed by atoms with Crippen molar-refractivity contribution in [3.05, 3.63) is 231 Å². The molecule has 69 heavy (non-hydrogen) atoms. The van der Waals surface area contributed by atoms with Gasteiger partial charge in [-0.15, -0.1) is 0 Å². The maximum atomic E-state index is 6.49. The van der Waals surface area contributed by atoms with Crippen molar-refractivity contribution in [2.24, 2.45) is 0 Å². The van der Waals surface area contributed by atoms with E-state index in [0.29, 0.717) is 5.82 Å². The van der Waals surface area contributed by atoms with Crippen LogP contribution in [0.15, 0.2) is 235 Å². The number of benzene rings is 11. The van der Waals surface area contributed by atoms with E-state index in [1.54, 1.807) is 0 Å². The van der Waals surface area contributed by atoms with Crippen molar-refractivity contribution >= 4 is 76.1 Å². The van der Waals surface area contributed by atoms with Crippen molar-refractivity contribution in [3.63, 3.8) is 0 Å². The smallest absolute Gasteiger partial charge is 0.160 e. The molecule has 5 nitrogen and oxygen atoms in total. The first-order chi connectivity index (χ1) is 34.2. The van der Waals surface area contributed by atoms with Crippen LogP contribution in [0.5, 0.6) is 0 Å². The van der Waals surface area contributed by atoms with Crippen LogP contribution in [0, 0.1) is 0 Å². The highest BCUT2D eigenvalue weighted by Gasteiger charge is 2.19. The van der Waals surface area contributed by atoms with Crippen LogP contribution < -0.4 is 0 Å². The van der Waals surface area contributed by atoms with Gasteiger partial charge in [-0.1, -0.05) is 164 Å². The van der Waals surface area contributed by atoms with E-state index in [0.717, 1.165) is 116 Å². The van der Waals surface area contributed by atoms with Gasteiger partial charge in [0.15, 0.2) is 5.82 Å². The summed E-state index contributed by atoms with van der Waals surface area (Å²) in [5.74, 6) is 0.606. The third-order valence-electron chi connectivity index (χ3n) is 13.7. The molecule has 0 amide bonds. The predicted molar refractivity (Wildman–Crippen MR) is 285 cm³/mol. The molecular weight excluding hydrogens is 841 g/mol. The summed E-state index contributed by atoms with van der Waals surface area (Å²) in [4.78, 5) is 21.5. The fourth-order valence-electron chi connectivity index (χ4n) is 10.3. The predicted octanol–water partition coefficient (Wildman–Crippen LogP) is 16.9. The molecule has 3 aromatic heterocycles. The summed E-state index contributed by atoms with van der Waals surface area (Å²) in [7, 11) is 0. The van der Waals surface area contributed by atoms with Gasteiger partial charge in [-0.25, -0.2) is 15.0 Å². The lowest BCUT2D eigenvalue weighted by molar-refractivity contribution is 0.669. The summed E-state index contributed by atoms with van der Waals surface area (Å²) >= 11 is 0. The van der Waals surface area contributed by atoms with E-state index in [9.17, 15) is 0 Å². The first-order valence-corrected chi connectivity index (χ1v) is 23.3. The van der Waals surface area contributed by atoms with E-state index < -0.39 is 0 Å². The largest absolute Gasteiger partial charge is 0.456 e. The lowest BCUT2D eigenvalue weighted by Gasteiger charge is -2.15. The second-order valence-electron chi connectivity index (χ2n) is 17.8. The molecule has 0 aliphatic rings. The molecule has 11 aromatic carbocycles. The molecule has 0 bridgehead atoms. The zero-order valence-electron chi connectivity index (χ0n) is 37.1. The maximum Gasteiger partial charge on any atom is 0.160 e. The Kier molecular flexibility index (Phi) is 8.83. The van der Waals surface area contributed by atoms with Crippen LogP contribution in [0.1, 0.15) is 0 Å². The molecule has 0 aliphatic carbocycles. The van der Waals surface area contributed by atoms with Crippen LogP contribution in [0.25, 0.3) is 143 Å². The highest BCUT2D eigenvalue weighted by atomic mass is 16.3. The molecule has 14 rings (SSSR count). The molecular formula is C64H38N4O. The van der Waals surface area contributed by atoms with Crippen molar-refractivity contribution < 1.29 is 4.42 Å². The summed E-state index contributed by atoms with van der Waals surface area (Å²) in [5.41, 5.74) is 14.0. The Bertz CT molecular complexity index is 4330. The summed E-state index contributed by atoms with van der Waals surface area (Å²) in [6.45, 7) is 0. The van der Waals surface area contributed by atoms with Crippen molar-refractivity contribution in [1.82, 2.24) is 19.9 Å². The van der Waals surface area contributed by atoms with Crippen molar-refractivity contribution in [1.29, 1.82) is 0 Å². The summed E-state index contributed by atoms with van der Waals surface area (Å²) in [5, 5.41) is 11.3. The van der Waals surface area contributed by atoms with Gasteiger partial charge in [0, 0.05) is 43.8 Å². The zero-order valence-corrected chi connectivity index (χ0v) is 37.1. The first-order valence-electron chi connectivity index (χ1n) is 23.3. The second kappa shape index (κ2) is 15.7. The Morgan fingerprint density at radius 3 is 1.61 bits per heavy atom. The number of rotatable bonds is 6. The fourth-order valence-corrected chi connectivity index (χ4v) is 10.3. The number of aromatic nitrogens is 4. The van der Waals surface area contributed by atoms with Crippen LogP contribution in [-0.2, 0) is 0 Å². The zero-order chi connectivity index (χ0) is 45.4. The van der Waals surface area contributed by atoms with Gasteiger partial charge in [0.25, 0.3) is 0 Å². The Morgan fingerprint density at radius 2 is 0.855 bits per heavy atom. The van der Waals surface area contributed by atoms with Crippen LogP contribution >= 0.6 is 0 Å². The lowest BCUT2D eigenvalue weighted by atomic mass is 9.91. The third-order valence-corrected chi connectivity index (χ3v) is 13.7. The highest BCUT2D eigenvalue weighted by Crippen LogP contribution is 2.41. The van der Waals surface area contributed by atoms with Crippen LogP contribution in [0.3, 0.4) is 0 Å². The number of hydrogen-bond donors (Lipinski definition) is 0. The van der Waals surface area contributed by atoms with Crippen LogP contribution in [-0.4, -0.2) is 19.9 Å². The number of fused-ring (bicyclic) bond motifs is 12. The Morgan fingerprint density at radius 1 is 0.275 bits per heavy atom. The van der Waals surface area contributed by atoms with Gasteiger partial charge < -0.3 is 4.42 Å². The molecule has 0 saturated heterocycles. The molecule has 0 fully saturated rings. The standard InChI is InChI=1S/C64H38N4O/c1-3-15-39(16-4-1)41-27-29-52-56-35-43(28-30-60(56)69-61(52)36-41)58-37-57(40-17-5-2-6-18-40)67-64(68-58)46-32-44(55-34-42-19-7-8-20-47(42)48-21-9-10-24-51(48)55)31-45(33-46)59-38-65-62-53-25-13-11-22-49(53)50-23-12-14-26-54(50)63(62)66-59/h1-38H. The minimum atomic E-state index is 0.606. The second-order valence-corrected chi connectivity index (χ2v) is 17.8. The summed E-state index contributed by atoms with van der Waals surface area (Å²) in [6, 6.07) is 79.0. The van der Waals surface area contributed by atoms with Gasteiger partial charge in [0.1, 0.15) is 11.2 Å². The first kappa shape index (κ1) is 38.9. The van der Waals surface area contributed by atoms with Gasteiger partial charge in [-0.2, -0.15) is 0 Å². The van der Waals surface area contributed by atoms with Crippen molar-refractivity contribution in [2.75, 3.05) is 0 Å². The molecule has 0 radical (unpaired) electrons. The van der Waals surface area contributed by atoms with E-state index in [4.69, 9.17) is 24.4 Å². The van der Waals surface area contributed by atoms with Gasteiger partial charge in [-0.3, -0.25) is 4.98 Å². The topological polar surface area (TPSA) is 64.7 Å². The SMILES string of the molecule is c1ccc(-c2ccc3c(c2)oc2ccc(-c4cc(-c5ccccc5)nc(-c5cc(-c6cnc7c8ccccc8c8ccccc8c7n6)cc(-c6cc7ccccc7c7ccccc67)c5)n4)cc23)cc1. The molecule has 0 unspecified atom stereocenters. The van der Waals surface area contributed by atoms with E-state index in [2.05, 4.69) is 212 Å². The molecule has 320 valence electrons. The normalized spacial score (nSPS) is 11.8. The Balaban J connectivity index is 1.000. The number of furan rings is 1. The number of nitrogens with zero attached hydrogens (tertiary/aromatic N) is 4. The monoisotopic (exact) mass is 878 g/mol. The average molecular weight is 879 g/mol. The van der Waals surface area contributed by atoms with Crippen LogP contribution in [0.2, 0.25) is 0 Å². The van der Waals surface area contributed by atoms with E-state index in [1.165, 1.54) is 21.5 Å². The lowest BCUT2D eigenvalue weighted by Crippen LogP contribution is -1.98. The summed E-state index contributed by atoms with van der Waals surface area (Å²) < 4.78 is 6.49. The highest BCUT2D eigenvalue weighted by molar-refractivity contribution is 6.23. The molecule has 0 atom stereocenters. The molecule has 3 heterocycles. The van der Waals surface area contributed by atoms with Crippen molar-refractivity contribution in [3.8, 4) is 67.4 Å². The van der Waals surface area contributed by atoms with E-state index in [1.807, 2.05) is 18.3 Å².